The Balaban J connectivity index is 1.55. The van der Waals surface area contributed by atoms with E-state index < -0.39 is 22.5 Å². The van der Waals surface area contributed by atoms with Crippen LogP contribution in [-0.4, -0.2) is 26.9 Å². The lowest BCUT2D eigenvalue weighted by atomic mass is 10.3. The quantitative estimate of drug-likeness (QED) is 0.663. The van der Waals surface area contributed by atoms with E-state index in [4.69, 9.17) is 9.15 Å². The van der Waals surface area contributed by atoms with Crippen molar-refractivity contribution in [2.45, 2.75) is 24.8 Å². The minimum atomic E-state index is -3.78. The molecule has 9 heteroatoms. The molecule has 8 nitrogen and oxygen atoms in total. The van der Waals surface area contributed by atoms with E-state index in [2.05, 4.69) is 10.0 Å². The number of carbonyl (C=O) groups is 2. The highest BCUT2D eigenvalue weighted by molar-refractivity contribution is 7.89. The molecule has 0 aliphatic heterocycles. The second-order valence-electron chi connectivity index (χ2n) is 6.41. The van der Waals surface area contributed by atoms with Gasteiger partial charge in [0.05, 0.1) is 23.6 Å². The summed E-state index contributed by atoms with van der Waals surface area (Å²) in [6.45, 7) is 1.55. The van der Waals surface area contributed by atoms with Gasteiger partial charge in [-0.3, -0.25) is 9.59 Å². The third-order valence-electron chi connectivity index (χ3n) is 4.20. The number of rotatable bonds is 8. The Morgan fingerprint density at radius 3 is 2.70 bits per heavy atom. The minimum Gasteiger partial charge on any atom is -0.468 e. The van der Waals surface area contributed by atoms with E-state index in [1.54, 1.807) is 18.2 Å². The smallest absolute Gasteiger partial charge is 0.309 e. The molecule has 1 saturated carbocycles. The van der Waals surface area contributed by atoms with Crippen LogP contribution in [0.4, 0.5) is 5.69 Å². The maximum absolute atomic E-state index is 12.4. The van der Waals surface area contributed by atoms with E-state index in [-0.39, 0.29) is 29.0 Å². The van der Waals surface area contributed by atoms with Crippen molar-refractivity contribution in [1.82, 2.24) is 4.72 Å². The summed E-state index contributed by atoms with van der Waals surface area (Å²) in [5.74, 6) is -0.247. The highest BCUT2D eigenvalue weighted by Gasteiger charge is 2.40. The number of ether oxygens (including phenoxy) is 1. The zero-order valence-corrected chi connectivity index (χ0v) is 15.5. The van der Waals surface area contributed by atoms with Gasteiger partial charge in [-0.1, -0.05) is 13.0 Å². The van der Waals surface area contributed by atoms with Gasteiger partial charge < -0.3 is 14.5 Å². The van der Waals surface area contributed by atoms with Crippen molar-refractivity contribution in [2.75, 3.05) is 11.9 Å². The first-order chi connectivity index (χ1) is 12.8. The van der Waals surface area contributed by atoms with Gasteiger partial charge in [0.2, 0.25) is 10.0 Å². The van der Waals surface area contributed by atoms with Crippen LogP contribution in [0.1, 0.15) is 19.1 Å². The van der Waals surface area contributed by atoms with Crippen LogP contribution in [0.3, 0.4) is 0 Å². The van der Waals surface area contributed by atoms with Crippen molar-refractivity contribution >= 4 is 27.6 Å². The van der Waals surface area contributed by atoms with Crippen LogP contribution in [0.2, 0.25) is 0 Å². The van der Waals surface area contributed by atoms with E-state index in [1.165, 1.54) is 24.5 Å². The van der Waals surface area contributed by atoms with Crippen molar-refractivity contribution in [1.29, 1.82) is 0 Å². The summed E-state index contributed by atoms with van der Waals surface area (Å²) < 4.78 is 37.2. The zero-order valence-electron chi connectivity index (χ0n) is 14.7. The molecule has 0 unspecified atom stereocenters. The van der Waals surface area contributed by atoms with Gasteiger partial charge in [0.25, 0.3) is 5.91 Å². The molecule has 2 atom stereocenters. The predicted molar refractivity (Wildman–Crippen MR) is 96.0 cm³/mol. The van der Waals surface area contributed by atoms with Gasteiger partial charge in [0.15, 0.2) is 6.61 Å². The first-order valence-electron chi connectivity index (χ1n) is 8.44. The molecule has 1 aliphatic carbocycles. The number of furan rings is 1. The monoisotopic (exact) mass is 392 g/mol. The first-order valence-corrected chi connectivity index (χ1v) is 9.92. The molecule has 0 radical (unpaired) electrons. The second-order valence-corrected chi connectivity index (χ2v) is 8.17. The largest absolute Gasteiger partial charge is 0.468 e. The summed E-state index contributed by atoms with van der Waals surface area (Å²) >= 11 is 0. The molecule has 1 amide bonds. The molecule has 0 bridgehead atoms. The minimum absolute atomic E-state index is 0.00402. The number of amides is 1. The Morgan fingerprint density at radius 2 is 2.04 bits per heavy atom. The predicted octanol–water partition coefficient (Wildman–Crippen LogP) is 1.90. The first kappa shape index (κ1) is 19.1. The Morgan fingerprint density at radius 1 is 1.26 bits per heavy atom. The topological polar surface area (TPSA) is 115 Å². The Labute approximate surface area is 156 Å². The number of hydrogen-bond acceptors (Lipinski definition) is 6. The molecule has 1 fully saturated rings. The van der Waals surface area contributed by atoms with Crippen molar-refractivity contribution in [3.8, 4) is 0 Å². The molecule has 27 heavy (non-hydrogen) atoms. The molecule has 1 aromatic heterocycles. The van der Waals surface area contributed by atoms with Crippen molar-refractivity contribution in [3.63, 3.8) is 0 Å². The van der Waals surface area contributed by atoms with Crippen molar-refractivity contribution in [3.05, 3.63) is 48.4 Å². The molecule has 0 spiro atoms. The fourth-order valence-corrected chi connectivity index (χ4v) is 3.53. The average Bonchev–Trinajstić information content (AvgIpc) is 3.15. The SMILES string of the molecule is C[C@@H]1C[C@H]1C(=O)OCC(=O)Nc1cccc(S(=O)(=O)NCc2ccco2)c1. The van der Waals surface area contributed by atoms with Crippen molar-refractivity contribution < 1.29 is 27.2 Å². The number of esters is 1. The number of nitrogens with one attached hydrogen (secondary N) is 2. The number of benzene rings is 1. The third kappa shape index (κ3) is 5.18. The highest BCUT2D eigenvalue weighted by atomic mass is 32.2. The lowest BCUT2D eigenvalue weighted by molar-refractivity contribution is -0.148. The van der Waals surface area contributed by atoms with Gasteiger partial charge in [0.1, 0.15) is 5.76 Å². The normalized spacial score (nSPS) is 18.7. The number of carbonyl (C=O) groups excluding carboxylic acids is 2. The van der Waals surface area contributed by atoms with Gasteiger partial charge in [-0.25, -0.2) is 13.1 Å². The summed E-state index contributed by atoms with van der Waals surface area (Å²) in [5, 5.41) is 2.52. The van der Waals surface area contributed by atoms with Crippen LogP contribution >= 0.6 is 0 Å². The number of anilines is 1. The summed E-state index contributed by atoms with van der Waals surface area (Å²) in [7, 11) is -3.78. The van der Waals surface area contributed by atoms with Crippen LogP contribution < -0.4 is 10.0 Å². The maximum atomic E-state index is 12.4. The third-order valence-corrected chi connectivity index (χ3v) is 5.60. The molecule has 2 aromatic rings. The van der Waals surface area contributed by atoms with Crippen LogP contribution in [0.5, 0.6) is 0 Å². The molecule has 3 rings (SSSR count). The Bertz CT molecular complexity index is 923. The number of hydrogen-bond donors (Lipinski definition) is 2. The highest BCUT2D eigenvalue weighted by Crippen LogP contribution is 2.38. The molecular weight excluding hydrogens is 372 g/mol. The van der Waals surface area contributed by atoms with Crippen molar-refractivity contribution in [2.24, 2.45) is 11.8 Å². The lowest BCUT2D eigenvalue weighted by Crippen LogP contribution is -2.24. The fourth-order valence-electron chi connectivity index (χ4n) is 2.49. The van der Waals surface area contributed by atoms with E-state index in [0.717, 1.165) is 6.42 Å². The van der Waals surface area contributed by atoms with E-state index in [1.807, 2.05) is 6.92 Å². The summed E-state index contributed by atoms with van der Waals surface area (Å²) in [6.07, 6.45) is 2.24. The molecule has 0 saturated heterocycles. The standard InChI is InChI=1S/C18H20N2O6S/c1-12-8-16(12)18(22)26-11-17(21)20-13-4-2-6-15(9-13)27(23,24)19-10-14-5-3-7-25-14/h2-7,9,12,16,19H,8,10-11H2,1H3,(H,20,21)/t12-,16-/m1/s1. The summed E-state index contributed by atoms with van der Waals surface area (Å²) in [4.78, 5) is 23.5. The zero-order chi connectivity index (χ0) is 19.4. The summed E-state index contributed by atoms with van der Waals surface area (Å²) in [5.41, 5.74) is 0.289. The lowest BCUT2D eigenvalue weighted by Gasteiger charge is -2.09. The van der Waals surface area contributed by atoms with Crippen LogP contribution in [0, 0.1) is 11.8 Å². The molecule has 144 valence electrons. The van der Waals surface area contributed by atoms with Gasteiger partial charge in [0, 0.05) is 5.69 Å². The number of sulfonamides is 1. The summed E-state index contributed by atoms with van der Waals surface area (Å²) in [6, 6.07) is 9.12. The fraction of sp³-hybridized carbons (Fsp3) is 0.333. The van der Waals surface area contributed by atoms with Gasteiger partial charge >= 0.3 is 5.97 Å². The van der Waals surface area contributed by atoms with E-state index in [9.17, 15) is 18.0 Å². The Hall–Kier alpha value is -2.65. The van der Waals surface area contributed by atoms with Crippen LogP contribution in [-0.2, 0) is 30.9 Å². The molecular formula is C18H20N2O6S. The Kier molecular flexibility index (Phi) is 5.62. The second kappa shape index (κ2) is 7.93. The molecule has 2 N–H and O–H groups in total. The van der Waals surface area contributed by atoms with Crippen LogP contribution in [0.15, 0.2) is 52.0 Å². The van der Waals surface area contributed by atoms with Crippen LogP contribution in [0.25, 0.3) is 0 Å². The van der Waals surface area contributed by atoms with Gasteiger partial charge in [-0.05, 0) is 42.7 Å². The van der Waals surface area contributed by atoms with E-state index >= 15 is 0 Å². The van der Waals surface area contributed by atoms with E-state index in [0.29, 0.717) is 11.7 Å². The molecule has 1 heterocycles. The maximum Gasteiger partial charge on any atom is 0.309 e. The molecule has 1 aliphatic rings. The van der Waals surface area contributed by atoms with Gasteiger partial charge in [-0.15, -0.1) is 0 Å². The molecule has 1 aromatic carbocycles. The van der Waals surface area contributed by atoms with Gasteiger partial charge in [-0.2, -0.15) is 0 Å². The average molecular weight is 392 g/mol.